The summed E-state index contributed by atoms with van der Waals surface area (Å²) in [4.78, 5) is 133. The van der Waals surface area contributed by atoms with Crippen molar-refractivity contribution in [2.75, 3.05) is 87.6 Å². The molecule has 84 heavy (non-hydrogen) atoms. The van der Waals surface area contributed by atoms with Crippen LogP contribution in [-0.2, 0) is 78.1 Å². The predicted octanol–water partition coefficient (Wildman–Crippen LogP) is 2.92. The number of hydroxylamine groups is 2. The van der Waals surface area contributed by atoms with E-state index in [1.165, 1.54) is 31.4 Å². The number of amides is 9. The number of carbonyl (C=O) groups is 9. The van der Waals surface area contributed by atoms with Gasteiger partial charge in [-0.3, -0.25) is 68.6 Å². The van der Waals surface area contributed by atoms with Gasteiger partial charge < -0.3 is 44.1 Å². The minimum absolute atomic E-state index is 0.0736. The third kappa shape index (κ3) is 21.0. The quantitative estimate of drug-likeness (QED) is 0.0326. The van der Waals surface area contributed by atoms with E-state index in [0.717, 1.165) is 23.3 Å². The summed E-state index contributed by atoms with van der Waals surface area (Å²) in [6, 6.07) is 5.54. The molecule has 472 valence electrons. The molecule has 0 bridgehead atoms. The van der Waals surface area contributed by atoms with Gasteiger partial charge in [-0.2, -0.15) is 0 Å². The van der Waals surface area contributed by atoms with E-state index in [-0.39, 0.29) is 101 Å². The summed E-state index contributed by atoms with van der Waals surface area (Å²) in [6.07, 6.45) is 4.35. The molecule has 3 heterocycles. The zero-order chi connectivity index (χ0) is 62.0. The van der Waals surface area contributed by atoms with Crippen LogP contribution in [0.5, 0.6) is 0 Å². The molecule has 0 spiro atoms. The second-order valence-corrected chi connectivity index (χ2v) is 22.7. The molecule has 3 aliphatic heterocycles. The summed E-state index contributed by atoms with van der Waals surface area (Å²) in [6.45, 7) is 16.4. The van der Waals surface area contributed by atoms with Crippen molar-refractivity contribution in [1.29, 1.82) is 0 Å². The lowest BCUT2D eigenvalue weighted by Crippen LogP contribution is -2.61. The van der Waals surface area contributed by atoms with Gasteiger partial charge in [-0.25, -0.2) is 5.06 Å². The Kier molecular flexibility index (Phi) is 30.4. The highest BCUT2D eigenvalue weighted by Gasteiger charge is 2.44. The van der Waals surface area contributed by atoms with Crippen LogP contribution in [-0.4, -0.2) is 214 Å². The van der Waals surface area contributed by atoms with Gasteiger partial charge in [0.15, 0.2) is 0 Å². The monoisotopic (exact) mass is 1180 g/mol. The Hall–Kier alpha value is -5.89. The first-order chi connectivity index (χ1) is 40.1. The number of likely N-dealkylation sites (N-methyl/N-ethyl adjacent to an activating group) is 2. The van der Waals surface area contributed by atoms with Crippen molar-refractivity contribution >= 4 is 53.2 Å². The molecule has 24 heteroatoms. The second-order valence-electron chi connectivity index (χ2n) is 22.7. The van der Waals surface area contributed by atoms with Crippen molar-refractivity contribution < 1.29 is 71.7 Å². The van der Waals surface area contributed by atoms with Crippen LogP contribution >= 0.6 is 0 Å². The van der Waals surface area contributed by atoms with Crippen LogP contribution in [0.25, 0.3) is 0 Å². The van der Waals surface area contributed by atoms with Crippen molar-refractivity contribution in [2.24, 2.45) is 23.7 Å². The molecule has 1 unspecified atom stereocenters. The van der Waals surface area contributed by atoms with Crippen molar-refractivity contribution in [3.8, 4) is 0 Å². The number of carbonyl (C=O) groups excluding carboxylic acids is 9. The highest BCUT2D eigenvalue weighted by Crippen LogP contribution is 2.30. The second kappa shape index (κ2) is 36.2. The van der Waals surface area contributed by atoms with E-state index in [4.69, 9.17) is 28.5 Å². The maximum absolute atomic E-state index is 15.0. The lowest BCUT2D eigenvalue weighted by atomic mass is 9.89. The van der Waals surface area contributed by atoms with E-state index in [9.17, 15) is 43.2 Å². The number of ether oxygens (including phenoxy) is 5. The maximum Gasteiger partial charge on any atom is 0.269 e. The maximum atomic E-state index is 15.0. The van der Waals surface area contributed by atoms with E-state index < -0.39 is 90.0 Å². The lowest BCUT2D eigenvalue weighted by molar-refractivity contribution is -0.199. The summed E-state index contributed by atoms with van der Waals surface area (Å²) in [5.74, 6) is -5.15. The van der Waals surface area contributed by atoms with Gasteiger partial charge >= 0.3 is 0 Å². The molecule has 4 N–H and O–H groups in total. The average molecular weight is 1180 g/mol. The fourth-order valence-corrected chi connectivity index (χ4v) is 11.0. The number of rotatable bonds is 36. The third-order valence-electron chi connectivity index (χ3n) is 15.9. The molecule has 2 saturated heterocycles. The summed E-state index contributed by atoms with van der Waals surface area (Å²) in [5, 5.41) is 7.40. The van der Waals surface area contributed by atoms with Gasteiger partial charge in [0.25, 0.3) is 17.7 Å². The van der Waals surface area contributed by atoms with Crippen molar-refractivity contribution in [2.45, 2.75) is 168 Å². The van der Waals surface area contributed by atoms with Gasteiger partial charge in [0.2, 0.25) is 35.4 Å². The molecular formula is C60H97N9O15. The zero-order valence-corrected chi connectivity index (χ0v) is 51.8. The zero-order valence-electron chi connectivity index (χ0n) is 51.8. The number of likely N-dealkylation sites (tertiary alicyclic amines) is 1. The van der Waals surface area contributed by atoms with E-state index in [2.05, 4.69) is 21.5 Å². The number of benzene rings is 1. The van der Waals surface area contributed by atoms with Crippen LogP contribution in [0.1, 0.15) is 119 Å². The van der Waals surface area contributed by atoms with Gasteiger partial charge in [-0.15, -0.1) is 0 Å². The van der Waals surface area contributed by atoms with Crippen LogP contribution < -0.4 is 21.5 Å². The molecule has 0 radical (unpaired) electrons. The first kappa shape index (κ1) is 70.6. The van der Waals surface area contributed by atoms with E-state index >= 15 is 0 Å². The van der Waals surface area contributed by atoms with Gasteiger partial charge in [-0.05, 0) is 62.5 Å². The minimum Gasteiger partial charge on any atom is -0.379 e. The molecule has 1 aromatic carbocycles. The van der Waals surface area contributed by atoms with Crippen LogP contribution in [0.3, 0.4) is 0 Å². The summed E-state index contributed by atoms with van der Waals surface area (Å²) >= 11 is 0. The Bertz CT molecular complexity index is 2300. The smallest absolute Gasteiger partial charge is 0.269 e. The van der Waals surface area contributed by atoms with Crippen molar-refractivity contribution in [3.05, 3.63) is 48.0 Å². The van der Waals surface area contributed by atoms with Gasteiger partial charge in [0, 0.05) is 59.4 Å². The molecule has 1 aromatic rings. The number of nitrogens with one attached hydrogen (secondary N) is 4. The Labute approximate surface area is 496 Å². The fraction of sp³-hybridized carbons (Fsp3) is 0.717. The Morgan fingerprint density at radius 2 is 1.43 bits per heavy atom. The molecule has 0 saturated carbocycles. The number of nitrogens with zero attached hydrogens (tertiary/aromatic N) is 5. The number of hydrazine groups is 1. The number of imide groups is 1. The normalized spacial score (nSPS) is 18.7. The minimum atomic E-state index is -1.02. The van der Waals surface area contributed by atoms with Gasteiger partial charge in [0.1, 0.15) is 18.3 Å². The molecule has 2 fully saturated rings. The topological polar surface area (TPSA) is 273 Å². The summed E-state index contributed by atoms with van der Waals surface area (Å²) < 4.78 is 30.0. The van der Waals surface area contributed by atoms with E-state index in [0.29, 0.717) is 45.4 Å². The molecule has 4 rings (SSSR count). The Morgan fingerprint density at radius 3 is 2.02 bits per heavy atom. The largest absolute Gasteiger partial charge is 0.379 e. The van der Waals surface area contributed by atoms with E-state index in [1.807, 2.05) is 78.8 Å². The molecule has 9 amide bonds. The standard InChI is InChI=1S/C60H97N9O15/c1-13-21-47(70)63-64-48(71)27-32-83-52(38-82-35-34-81-33-30-68-49(72)25-26-50(68)73)65(9)54(40(5)6)58(76)62-53(39(3)4)60(78)66(10)55(41(7)14-2)46(79-11)37-51(74)67-28-20-24-45(67)56(80-12)42(8)57(75)61-44(36-43-22-16-15-17-23-43)59(77)69-29-18-19-31-84-69/h15-17,22-23,25-26,39-42,44-46,52-56H,13-14,18-21,24,27-38H2,1-12H3,(H,61,75)(H,62,76)(H,63,70)(H,64,71)/t41-,42+,44-,45-,46+,52?,53-,54-,55-,56+/m0/s1. The highest BCUT2D eigenvalue weighted by atomic mass is 16.7. The predicted molar refractivity (Wildman–Crippen MR) is 311 cm³/mol. The molecule has 0 aliphatic carbocycles. The summed E-state index contributed by atoms with van der Waals surface area (Å²) in [7, 11) is 6.37. The molecule has 0 aromatic heterocycles. The highest BCUT2D eigenvalue weighted by molar-refractivity contribution is 6.12. The fourth-order valence-electron chi connectivity index (χ4n) is 11.0. The first-order valence-corrected chi connectivity index (χ1v) is 29.9. The van der Waals surface area contributed by atoms with Crippen molar-refractivity contribution in [1.82, 2.24) is 46.1 Å². The molecule has 3 aliphatic rings. The lowest BCUT2D eigenvalue weighted by Gasteiger charge is -2.41. The number of hydrogen-bond donors (Lipinski definition) is 4. The van der Waals surface area contributed by atoms with Crippen LogP contribution in [0, 0.1) is 23.7 Å². The Morgan fingerprint density at radius 1 is 0.762 bits per heavy atom. The molecular weight excluding hydrogens is 1090 g/mol. The van der Waals surface area contributed by atoms with Gasteiger partial charge in [0.05, 0.1) is 95.3 Å². The molecule has 24 nitrogen and oxygen atoms in total. The van der Waals surface area contributed by atoms with Crippen LogP contribution in [0.2, 0.25) is 0 Å². The molecule has 10 atom stereocenters. The summed E-state index contributed by atoms with van der Waals surface area (Å²) in [5.41, 5.74) is 5.63. The van der Waals surface area contributed by atoms with Gasteiger partial charge in [-0.1, -0.05) is 92.1 Å². The number of hydrogen-bond acceptors (Lipinski definition) is 16. The Balaban J connectivity index is 1.47. The van der Waals surface area contributed by atoms with Crippen molar-refractivity contribution in [3.63, 3.8) is 0 Å². The third-order valence-corrected chi connectivity index (χ3v) is 15.9. The SMILES string of the molecule is CCCC(=O)NNC(=O)CCOC(COCCOCCN1C(=O)C=CC1=O)N(C)[C@H](C(=O)N[C@H](C(=O)N(C)[C@@H]([C@@H](C)CC)[C@@H](CC(=O)N1CCC[C@H]1[C@H](OC)[C@@H](C)C(=O)N[C@@H](Cc1ccccc1)C(=O)N1CCCCO1)OC)C(C)C)C(C)C. The van der Waals surface area contributed by atoms with Crippen LogP contribution in [0.15, 0.2) is 42.5 Å². The number of methoxy groups -OCH3 is 2. The van der Waals surface area contributed by atoms with E-state index in [1.54, 1.807) is 35.7 Å². The van der Waals surface area contributed by atoms with Crippen LogP contribution in [0.4, 0.5) is 0 Å². The first-order valence-electron chi connectivity index (χ1n) is 29.9. The average Bonchev–Trinajstić information content (AvgIpc) is 3.60.